The summed E-state index contributed by atoms with van der Waals surface area (Å²) in [5, 5.41) is 0.794. The van der Waals surface area contributed by atoms with Crippen LogP contribution in [0.4, 0.5) is 0 Å². The van der Waals surface area contributed by atoms with E-state index in [0.29, 0.717) is 5.92 Å². The molecule has 0 N–H and O–H groups in total. The van der Waals surface area contributed by atoms with E-state index in [1.165, 1.54) is 27.8 Å². The number of allylic oxidation sites excluding steroid dienone is 1. The largest absolute Gasteiger partial charge is 0.0843 e. The standard InChI is InChI=1S/C17H15Cl/c1-11-3-4-14-10-12(2)17(16(14)9-11)13-5-7-15(18)8-6-13/h3-10,17H,1-2H3. The number of halogens is 1. The van der Waals surface area contributed by atoms with Crippen molar-refractivity contribution in [1.29, 1.82) is 0 Å². The van der Waals surface area contributed by atoms with Gasteiger partial charge in [-0.1, -0.05) is 59.1 Å². The minimum absolute atomic E-state index is 0.386. The molecular weight excluding hydrogens is 240 g/mol. The van der Waals surface area contributed by atoms with Crippen molar-refractivity contribution in [3.8, 4) is 0 Å². The fraction of sp³-hybridized carbons (Fsp3) is 0.176. The average Bonchev–Trinajstić information content (AvgIpc) is 2.66. The van der Waals surface area contributed by atoms with Crippen LogP contribution < -0.4 is 0 Å². The summed E-state index contributed by atoms with van der Waals surface area (Å²) in [7, 11) is 0. The SMILES string of the molecule is CC1=Cc2ccc(C)cc2C1c1ccc(Cl)cc1. The molecule has 1 atom stereocenters. The van der Waals surface area contributed by atoms with Crippen molar-refractivity contribution in [3.63, 3.8) is 0 Å². The lowest BCUT2D eigenvalue weighted by atomic mass is 9.88. The van der Waals surface area contributed by atoms with Crippen LogP contribution in [0, 0.1) is 6.92 Å². The first-order valence-electron chi connectivity index (χ1n) is 6.19. The van der Waals surface area contributed by atoms with Crippen LogP contribution in [-0.2, 0) is 0 Å². The molecule has 90 valence electrons. The van der Waals surface area contributed by atoms with E-state index < -0.39 is 0 Å². The van der Waals surface area contributed by atoms with Crippen LogP contribution in [0.5, 0.6) is 0 Å². The number of fused-ring (bicyclic) bond motifs is 1. The average molecular weight is 255 g/mol. The van der Waals surface area contributed by atoms with Gasteiger partial charge in [-0.15, -0.1) is 0 Å². The first-order chi connectivity index (χ1) is 8.65. The van der Waals surface area contributed by atoms with Gasteiger partial charge in [0.1, 0.15) is 0 Å². The summed E-state index contributed by atoms with van der Waals surface area (Å²) in [4.78, 5) is 0. The predicted molar refractivity (Wildman–Crippen MR) is 78.1 cm³/mol. The maximum atomic E-state index is 5.97. The molecule has 1 aliphatic rings. The Bertz CT molecular complexity index is 621. The zero-order valence-corrected chi connectivity index (χ0v) is 11.3. The van der Waals surface area contributed by atoms with Gasteiger partial charge in [0, 0.05) is 10.9 Å². The maximum Gasteiger partial charge on any atom is 0.0406 e. The van der Waals surface area contributed by atoms with Crippen LogP contribution in [0.25, 0.3) is 6.08 Å². The third kappa shape index (κ3) is 1.87. The van der Waals surface area contributed by atoms with Gasteiger partial charge >= 0.3 is 0 Å². The molecule has 0 heterocycles. The van der Waals surface area contributed by atoms with Gasteiger partial charge in [0.05, 0.1) is 0 Å². The number of rotatable bonds is 1. The zero-order valence-electron chi connectivity index (χ0n) is 10.6. The Labute approximate surface area is 113 Å². The first kappa shape index (κ1) is 11.6. The van der Waals surface area contributed by atoms with Crippen LogP contribution in [0.2, 0.25) is 5.02 Å². The highest BCUT2D eigenvalue weighted by Crippen LogP contribution is 2.41. The summed E-state index contributed by atoms with van der Waals surface area (Å²) in [6.45, 7) is 4.35. The van der Waals surface area contributed by atoms with Gasteiger partial charge in [-0.25, -0.2) is 0 Å². The summed E-state index contributed by atoms with van der Waals surface area (Å²) >= 11 is 5.97. The molecule has 0 saturated heterocycles. The summed E-state index contributed by atoms with van der Waals surface area (Å²) in [5.74, 6) is 0.386. The topological polar surface area (TPSA) is 0 Å². The Morgan fingerprint density at radius 2 is 1.67 bits per heavy atom. The number of aryl methyl sites for hydroxylation is 1. The van der Waals surface area contributed by atoms with Crippen LogP contribution in [-0.4, -0.2) is 0 Å². The van der Waals surface area contributed by atoms with E-state index in [1.807, 2.05) is 12.1 Å². The highest BCUT2D eigenvalue weighted by atomic mass is 35.5. The lowest BCUT2D eigenvalue weighted by molar-refractivity contribution is 0.974. The zero-order chi connectivity index (χ0) is 12.7. The number of hydrogen-bond acceptors (Lipinski definition) is 0. The van der Waals surface area contributed by atoms with E-state index in [0.717, 1.165) is 5.02 Å². The molecule has 0 amide bonds. The third-order valence-corrected chi connectivity index (χ3v) is 3.85. The molecule has 0 fully saturated rings. The molecule has 0 aromatic heterocycles. The van der Waals surface area contributed by atoms with Gasteiger partial charge < -0.3 is 0 Å². The monoisotopic (exact) mass is 254 g/mol. The molecule has 0 bridgehead atoms. The second kappa shape index (κ2) is 4.29. The van der Waals surface area contributed by atoms with Gasteiger partial charge in [0.15, 0.2) is 0 Å². The van der Waals surface area contributed by atoms with Crippen LogP contribution in [0.15, 0.2) is 48.0 Å². The smallest absolute Gasteiger partial charge is 0.0406 e. The number of benzene rings is 2. The lowest BCUT2D eigenvalue weighted by Gasteiger charge is -2.15. The molecule has 0 spiro atoms. The Morgan fingerprint density at radius 1 is 0.944 bits per heavy atom. The second-order valence-corrected chi connectivity index (χ2v) is 5.44. The molecule has 1 unspecified atom stereocenters. The molecule has 1 aliphatic carbocycles. The fourth-order valence-electron chi connectivity index (χ4n) is 2.75. The molecule has 2 aromatic rings. The van der Waals surface area contributed by atoms with Gasteiger partial charge in [-0.3, -0.25) is 0 Å². The Balaban J connectivity index is 2.12. The van der Waals surface area contributed by atoms with E-state index in [4.69, 9.17) is 11.6 Å². The quantitative estimate of drug-likeness (QED) is 0.656. The van der Waals surface area contributed by atoms with Gasteiger partial charge in [-0.2, -0.15) is 0 Å². The molecule has 2 aromatic carbocycles. The summed E-state index contributed by atoms with van der Waals surface area (Å²) < 4.78 is 0. The van der Waals surface area contributed by atoms with Crippen molar-refractivity contribution >= 4 is 17.7 Å². The number of hydrogen-bond donors (Lipinski definition) is 0. The summed E-state index contributed by atoms with van der Waals surface area (Å²) in [5.41, 5.74) is 6.79. The molecule has 0 aliphatic heterocycles. The molecule has 1 heteroatoms. The molecule has 18 heavy (non-hydrogen) atoms. The third-order valence-electron chi connectivity index (χ3n) is 3.60. The predicted octanol–water partition coefficient (Wildman–Crippen LogP) is 5.20. The van der Waals surface area contributed by atoms with E-state index in [9.17, 15) is 0 Å². The van der Waals surface area contributed by atoms with Crippen molar-refractivity contribution in [2.45, 2.75) is 19.8 Å². The molecular formula is C17H15Cl. The Hall–Kier alpha value is -1.53. The van der Waals surface area contributed by atoms with E-state index in [1.54, 1.807) is 0 Å². The normalized spacial score (nSPS) is 17.5. The molecule has 3 rings (SSSR count). The van der Waals surface area contributed by atoms with E-state index in [-0.39, 0.29) is 0 Å². The summed E-state index contributed by atoms with van der Waals surface area (Å²) in [6, 6.07) is 14.9. The maximum absolute atomic E-state index is 5.97. The first-order valence-corrected chi connectivity index (χ1v) is 6.57. The van der Waals surface area contributed by atoms with Gasteiger partial charge in [-0.05, 0) is 42.7 Å². The molecule has 0 nitrogen and oxygen atoms in total. The minimum Gasteiger partial charge on any atom is -0.0843 e. The second-order valence-electron chi connectivity index (χ2n) is 5.01. The van der Waals surface area contributed by atoms with Crippen LogP contribution in [0.3, 0.4) is 0 Å². The van der Waals surface area contributed by atoms with Crippen molar-refractivity contribution in [2.75, 3.05) is 0 Å². The van der Waals surface area contributed by atoms with Crippen LogP contribution >= 0.6 is 11.6 Å². The summed E-state index contributed by atoms with van der Waals surface area (Å²) in [6.07, 6.45) is 2.29. The highest BCUT2D eigenvalue weighted by Gasteiger charge is 2.23. The highest BCUT2D eigenvalue weighted by molar-refractivity contribution is 6.30. The van der Waals surface area contributed by atoms with Gasteiger partial charge in [0.2, 0.25) is 0 Å². The van der Waals surface area contributed by atoms with Crippen molar-refractivity contribution in [2.24, 2.45) is 0 Å². The lowest BCUT2D eigenvalue weighted by Crippen LogP contribution is -1.99. The van der Waals surface area contributed by atoms with Crippen molar-refractivity contribution in [1.82, 2.24) is 0 Å². The Morgan fingerprint density at radius 3 is 2.39 bits per heavy atom. The minimum atomic E-state index is 0.386. The van der Waals surface area contributed by atoms with Crippen molar-refractivity contribution < 1.29 is 0 Å². The van der Waals surface area contributed by atoms with E-state index >= 15 is 0 Å². The Kier molecular flexibility index (Phi) is 2.76. The molecule has 0 radical (unpaired) electrons. The van der Waals surface area contributed by atoms with Crippen molar-refractivity contribution in [3.05, 3.63) is 75.3 Å². The van der Waals surface area contributed by atoms with Gasteiger partial charge in [0.25, 0.3) is 0 Å². The van der Waals surface area contributed by atoms with E-state index in [2.05, 4.69) is 50.3 Å². The fourth-order valence-corrected chi connectivity index (χ4v) is 2.87. The van der Waals surface area contributed by atoms with Crippen LogP contribution in [0.1, 0.15) is 35.1 Å². The molecule has 0 saturated carbocycles.